The largest absolute Gasteiger partial charge is 0.488 e. The van der Waals surface area contributed by atoms with Gasteiger partial charge in [0.2, 0.25) is 5.89 Å². The van der Waals surface area contributed by atoms with Crippen LogP contribution in [0.4, 0.5) is 0 Å². The third-order valence-electron chi connectivity index (χ3n) is 5.86. The lowest BCUT2D eigenvalue weighted by Gasteiger charge is -2.31. The van der Waals surface area contributed by atoms with Gasteiger partial charge in [-0.05, 0) is 50.2 Å². The molecule has 30 heavy (non-hydrogen) atoms. The molecule has 2 heterocycles. The number of benzene rings is 2. The third kappa shape index (κ3) is 5.19. The van der Waals surface area contributed by atoms with E-state index < -0.39 is 0 Å². The zero-order valence-electron chi connectivity index (χ0n) is 17.5. The van der Waals surface area contributed by atoms with Crippen LogP contribution < -0.4 is 14.5 Å². The Hall–Kier alpha value is -2.41. The molecule has 7 heteroatoms. The molecule has 1 saturated heterocycles. The molecule has 1 aromatic heterocycles. The molecule has 2 aromatic carbocycles. The van der Waals surface area contributed by atoms with Gasteiger partial charge in [0.1, 0.15) is 45.1 Å². The second-order valence-electron chi connectivity index (χ2n) is 7.99. The maximum absolute atomic E-state index is 5.99. The Kier molecular flexibility index (Phi) is 6.67. The maximum atomic E-state index is 5.99. The molecule has 1 aliphatic heterocycles. The van der Waals surface area contributed by atoms with Crippen molar-refractivity contribution >= 4 is 11.6 Å². The van der Waals surface area contributed by atoms with Crippen LogP contribution in [0.3, 0.4) is 0 Å². The Bertz CT molecular complexity index is 935. The number of piperazine rings is 1. The van der Waals surface area contributed by atoms with Crippen LogP contribution in [0.2, 0.25) is 5.02 Å². The first kappa shape index (κ1) is 20.8. The highest BCUT2D eigenvalue weighted by molar-refractivity contribution is 6.30. The van der Waals surface area contributed by atoms with Gasteiger partial charge in [-0.25, -0.2) is 0 Å². The Morgan fingerprint density at radius 1 is 1.00 bits per heavy atom. The Balaban J connectivity index is 1.24. The minimum Gasteiger partial charge on any atom is -0.488 e. The lowest BCUT2D eigenvalue weighted by Crippen LogP contribution is -3.28. The van der Waals surface area contributed by atoms with Crippen LogP contribution in [0.5, 0.6) is 5.75 Å². The summed E-state index contributed by atoms with van der Waals surface area (Å²) in [5, 5.41) is 9.32. The van der Waals surface area contributed by atoms with Crippen LogP contribution in [0.15, 0.2) is 52.9 Å². The fourth-order valence-corrected chi connectivity index (χ4v) is 3.97. The lowest BCUT2D eigenvalue weighted by molar-refractivity contribution is -1.03. The van der Waals surface area contributed by atoms with Crippen molar-refractivity contribution < 1.29 is 19.0 Å². The third-order valence-corrected chi connectivity index (χ3v) is 6.11. The summed E-state index contributed by atoms with van der Waals surface area (Å²) in [5.74, 6) is 2.19. The van der Waals surface area contributed by atoms with Gasteiger partial charge in [0.25, 0.3) is 5.89 Å². The van der Waals surface area contributed by atoms with Gasteiger partial charge < -0.3 is 19.0 Å². The molecule has 0 aliphatic carbocycles. The second-order valence-corrected chi connectivity index (χ2v) is 8.43. The molecule has 0 radical (unpaired) electrons. The van der Waals surface area contributed by atoms with E-state index >= 15 is 0 Å². The number of aryl methyl sites for hydroxylation is 1. The summed E-state index contributed by atoms with van der Waals surface area (Å²) in [7, 11) is 0. The molecule has 158 valence electrons. The highest BCUT2D eigenvalue weighted by Gasteiger charge is 2.31. The number of halogens is 1. The molecule has 3 aromatic rings. The van der Waals surface area contributed by atoms with Crippen LogP contribution in [-0.2, 0) is 0 Å². The minimum atomic E-state index is 0.198. The van der Waals surface area contributed by atoms with Gasteiger partial charge in [-0.2, -0.15) is 0 Å². The average Bonchev–Trinajstić information content (AvgIpc) is 3.26. The van der Waals surface area contributed by atoms with Crippen molar-refractivity contribution in [3.05, 3.63) is 65.0 Å². The lowest BCUT2D eigenvalue weighted by atomic mass is 10.1. The molecule has 0 unspecified atom stereocenters. The molecule has 2 N–H and O–H groups in total. The topological polar surface area (TPSA) is 57.0 Å². The summed E-state index contributed by atoms with van der Waals surface area (Å²) in [4.78, 5) is 3.07. The van der Waals surface area contributed by atoms with Crippen LogP contribution >= 0.6 is 11.6 Å². The number of nitrogens with one attached hydrogen (secondary N) is 2. The summed E-state index contributed by atoms with van der Waals surface area (Å²) in [5.41, 5.74) is 2.19. The van der Waals surface area contributed by atoms with Gasteiger partial charge in [-0.3, -0.25) is 0 Å². The van der Waals surface area contributed by atoms with E-state index in [2.05, 4.69) is 36.2 Å². The van der Waals surface area contributed by atoms with Gasteiger partial charge in [-0.1, -0.05) is 29.3 Å². The summed E-state index contributed by atoms with van der Waals surface area (Å²) in [6.45, 7) is 10.4. The molecular formula is C23H29ClN4O2+2. The molecule has 4 rings (SSSR count). The Morgan fingerprint density at radius 2 is 1.70 bits per heavy atom. The summed E-state index contributed by atoms with van der Waals surface area (Å²) in [6, 6.07) is 15.9. The molecule has 0 saturated carbocycles. The number of hydrogen-bond donors (Lipinski definition) is 2. The van der Waals surface area contributed by atoms with E-state index in [9.17, 15) is 0 Å². The van der Waals surface area contributed by atoms with Crippen molar-refractivity contribution in [2.75, 3.05) is 39.3 Å². The number of ether oxygens (including phenoxy) is 1. The Labute approximate surface area is 182 Å². The van der Waals surface area contributed by atoms with E-state index in [-0.39, 0.29) is 6.04 Å². The minimum absolute atomic E-state index is 0.198. The number of hydrogen-bond acceptors (Lipinski definition) is 4. The predicted octanol–water partition coefficient (Wildman–Crippen LogP) is 1.62. The predicted molar refractivity (Wildman–Crippen MR) is 116 cm³/mol. The fraction of sp³-hybridized carbons (Fsp3) is 0.391. The van der Waals surface area contributed by atoms with E-state index in [0.717, 1.165) is 55.0 Å². The van der Waals surface area contributed by atoms with E-state index in [4.69, 9.17) is 20.8 Å². The van der Waals surface area contributed by atoms with Gasteiger partial charge in [-0.15, -0.1) is 10.2 Å². The first-order valence-electron chi connectivity index (χ1n) is 10.6. The van der Waals surface area contributed by atoms with Gasteiger partial charge in [0, 0.05) is 10.6 Å². The number of rotatable bonds is 7. The molecule has 0 amide bonds. The van der Waals surface area contributed by atoms with Crippen molar-refractivity contribution in [2.24, 2.45) is 0 Å². The molecule has 6 nitrogen and oxygen atoms in total. The fourth-order valence-electron chi connectivity index (χ4n) is 3.85. The van der Waals surface area contributed by atoms with Crippen molar-refractivity contribution in [1.82, 2.24) is 10.2 Å². The standard InChI is InChI=1S/C23H27ClN4O2/c1-17-3-5-19(6-4-17)23-26-25-22(30-23)18(2)28-13-11-27(12-14-28)15-16-29-21-9-7-20(24)8-10-21/h3-10,18H,11-16H2,1-2H3/p+2/t18-/m0/s1. The monoisotopic (exact) mass is 428 g/mol. The van der Waals surface area contributed by atoms with Crippen molar-refractivity contribution in [1.29, 1.82) is 0 Å². The highest BCUT2D eigenvalue weighted by atomic mass is 35.5. The van der Waals surface area contributed by atoms with Gasteiger partial charge in [0.15, 0.2) is 6.04 Å². The SMILES string of the molecule is Cc1ccc(-c2nnc([C@H](C)[NH+]3CC[NH+](CCOc4ccc(Cl)cc4)CC3)o2)cc1. The molecule has 1 atom stereocenters. The van der Waals surface area contributed by atoms with Crippen molar-refractivity contribution in [2.45, 2.75) is 19.9 Å². The molecule has 0 spiro atoms. The molecule has 1 fully saturated rings. The number of quaternary nitrogens is 2. The molecule has 0 bridgehead atoms. The molecular weight excluding hydrogens is 400 g/mol. The zero-order valence-corrected chi connectivity index (χ0v) is 18.3. The smallest absolute Gasteiger partial charge is 0.274 e. The second kappa shape index (κ2) is 9.60. The van der Waals surface area contributed by atoms with Gasteiger partial charge in [0.05, 0.1) is 0 Å². The number of nitrogens with zero attached hydrogens (tertiary/aromatic N) is 2. The van der Waals surface area contributed by atoms with Crippen LogP contribution in [0.1, 0.15) is 24.4 Å². The summed E-state index contributed by atoms with van der Waals surface area (Å²) < 4.78 is 11.8. The number of aromatic nitrogens is 2. The summed E-state index contributed by atoms with van der Waals surface area (Å²) >= 11 is 5.91. The summed E-state index contributed by atoms with van der Waals surface area (Å²) in [6.07, 6.45) is 0. The van der Waals surface area contributed by atoms with E-state index in [0.29, 0.717) is 12.5 Å². The van der Waals surface area contributed by atoms with E-state index in [1.165, 1.54) is 10.5 Å². The van der Waals surface area contributed by atoms with E-state index in [1.54, 1.807) is 4.90 Å². The Morgan fingerprint density at radius 3 is 2.40 bits per heavy atom. The first-order chi connectivity index (χ1) is 14.6. The van der Waals surface area contributed by atoms with Crippen LogP contribution in [-0.4, -0.2) is 49.5 Å². The zero-order chi connectivity index (χ0) is 20.9. The van der Waals surface area contributed by atoms with Crippen molar-refractivity contribution in [3.8, 4) is 17.2 Å². The first-order valence-corrected chi connectivity index (χ1v) is 10.9. The average molecular weight is 429 g/mol. The normalized spacial score (nSPS) is 20.1. The quantitative estimate of drug-likeness (QED) is 0.600. The molecule has 1 aliphatic rings. The van der Waals surface area contributed by atoms with Crippen molar-refractivity contribution in [3.63, 3.8) is 0 Å². The maximum Gasteiger partial charge on any atom is 0.274 e. The van der Waals surface area contributed by atoms with Crippen LogP contribution in [0.25, 0.3) is 11.5 Å². The van der Waals surface area contributed by atoms with E-state index in [1.807, 2.05) is 36.4 Å². The van der Waals surface area contributed by atoms with Crippen LogP contribution in [0, 0.1) is 6.92 Å². The van der Waals surface area contributed by atoms with Gasteiger partial charge >= 0.3 is 0 Å². The highest BCUT2D eigenvalue weighted by Crippen LogP contribution is 2.20.